The van der Waals surface area contributed by atoms with Gasteiger partial charge in [-0.2, -0.15) is 0 Å². The highest BCUT2D eigenvalue weighted by Crippen LogP contribution is 2.42. The largest absolute Gasteiger partial charge is 0.460 e. The normalized spacial score (nSPS) is 32.9. The summed E-state index contributed by atoms with van der Waals surface area (Å²) in [5.41, 5.74) is -1.22. The number of fused-ring (bicyclic) bond motifs is 4. The van der Waals surface area contributed by atoms with E-state index in [1.807, 2.05) is 34.6 Å². The summed E-state index contributed by atoms with van der Waals surface area (Å²) in [6.45, 7) is 10.5. The van der Waals surface area contributed by atoms with E-state index in [-0.39, 0.29) is 36.8 Å². The number of hydrogen-bond donors (Lipinski definition) is 1. The smallest absolute Gasteiger partial charge is 0.306 e. The fraction of sp³-hybridized carbons (Fsp3) is 0.905. The van der Waals surface area contributed by atoms with Crippen LogP contribution in [0.1, 0.15) is 53.9 Å². The zero-order valence-electron chi connectivity index (χ0n) is 18.6. The number of rotatable bonds is 9. The monoisotopic (exact) mass is 429 g/mol. The van der Waals surface area contributed by atoms with E-state index in [0.717, 1.165) is 6.42 Å². The number of carbonyl (C=O) groups excluding carboxylic acids is 2. The van der Waals surface area contributed by atoms with Crippen LogP contribution in [0.4, 0.5) is 0 Å². The molecule has 0 spiro atoms. The maximum atomic E-state index is 12.2. The minimum Gasteiger partial charge on any atom is -0.460 e. The van der Waals surface area contributed by atoms with Crippen molar-refractivity contribution in [2.45, 2.75) is 89.6 Å². The number of ether oxygens (including phenoxy) is 6. The molecule has 0 unspecified atom stereocenters. The van der Waals surface area contributed by atoms with Gasteiger partial charge in [0.15, 0.2) is 6.29 Å². The molecule has 1 N–H and O–H groups in total. The Morgan fingerprint density at radius 1 is 1.17 bits per heavy atom. The number of nitrogens with one attached hydrogen (secondary N) is 1. The molecule has 0 radical (unpaired) electrons. The maximum absolute atomic E-state index is 12.2. The summed E-state index contributed by atoms with van der Waals surface area (Å²) in [5, 5.41) is 2.97. The van der Waals surface area contributed by atoms with Crippen LogP contribution in [0.25, 0.3) is 0 Å². The second-order valence-corrected chi connectivity index (χ2v) is 9.48. The SMILES string of the molecule is CC(C)C(=O)N[C@H]1[C@@H]2OC[C@@](COCCCCC(=O)OC(C)(C)C)(O2)[C@@H]2OCO[C@H]12. The van der Waals surface area contributed by atoms with Crippen molar-refractivity contribution in [2.75, 3.05) is 26.6 Å². The lowest BCUT2D eigenvalue weighted by Crippen LogP contribution is -2.65. The van der Waals surface area contributed by atoms with E-state index in [2.05, 4.69) is 5.32 Å². The molecular weight excluding hydrogens is 394 g/mol. The van der Waals surface area contributed by atoms with Gasteiger partial charge in [-0.15, -0.1) is 0 Å². The summed E-state index contributed by atoms with van der Waals surface area (Å²) in [6.07, 6.45) is 0.480. The van der Waals surface area contributed by atoms with E-state index < -0.39 is 23.5 Å². The highest BCUT2D eigenvalue weighted by atomic mass is 16.8. The molecule has 3 heterocycles. The van der Waals surface area contributed by atoms with Crippen LogP contribution >= 0.6 is 0 Å². The predicted molar refractivity (Wildman–Crippen MR) is 105 cm³/mol. The lowest BCUT2D eigenvalue weighted by molar-refractivity contribution is -0.210. The summed E-state index contributed by atoms with van der Waals surface area (Å²) < 4.78 is 34.7. The van der Waals surface area contributed by atoms with E-state index in [1.165, 1.54) is 0 Å². The highest BCUT2D eigenvalue weighted by molar-refractivity contribution is 5.78. The van der Waals surface area contributed by atoms with Gasteiger partial charge in [-0.3, -0.25) is 9.59 Å². The third-order valence-electron chi connectivity index (χ3n) is 5.33. The number of carbonyl (C=O) groups is 2. The molecule has 0 aliphatic carbocycles. The lowest BCUT2D eigenvalue weighted by atomic mass is 9.88. The van der Waals surface area contributed by atoms with Crippen LogP contribution in [-0.2, 0) is 38.0 Å². The quantitative estimate of drug-likeness (QED) is 0.435. The summed E-state index contributed by atoms with van der Waals surface area (Å²) in [7, 11) is 0. The summed E-state index contributed by atoms with van der Waals surface area (Å²) in [4.78, 5) is 23.9. The molecule has 3 aliphatic rings. The van der Waals surface area contributed by atoms with Gasteiger partial charge >= 0.3 is 5.97 Å². The van der Waals surface area contributed by atoms with Gasteiger partial charge in [-0.1, -0.05) is 13.8 Å². The van der Waals surface area contributed by atoms with Crippen molar-refractivity contribution in [1.29, 1.82) is 0 Å². The number of amides is 1. The van der Waals surface area contributed by atoms with E-state index in [0.29, 0.717) is 32.7 Å². The summed E-state index contributed by atoms with van der Waals surface area (Å²) in [6, 6.07) is -0.420. The Hall–Kier alpha value is -1.26. The van der Waals surface area contributed by atoms with Crippen LogP contribution in [0.5, 0.6) is 0 Å². The topological polar surface area (TPSA) is 102 Å². The van der Waals surface area contributed by atoms with Crippen molar-refractivity contribution in [3.8, 4) is 0 Å². The van der Waals surface area contributed by atoms with Gasteiger partial charge in [-0.25, -0.2) is 0 Å². The van der Waals surface area contributed by atoms with Gasteiger partial charge in [0, 0.05) is 18.9 Å². The molecule has 0 aromatic heterocycles. The molecule has 3 saturated heterocycles. The van der Waals surface area contributed by atoms with Gasteiger partial charge in [0.25, 0.3) is 0 Å². The molecule has 0 saturated carbocycles. The third kappa shape index (κ3) is 5.50. The Labute approximate surface area is 178 Å². The maximum Gasteiger partial charge on any atom is 0.306 e. The molecule has 30 heavy (non-hydrogen) atoms. The summed E-state index contributed by atoms with van der Waals surface area (Å²) in [5.74, 6) is -0.428. The summed E-state index contributed by atoms with van der Waals surface area (Å²) >= 11 is 0. The van der Waals surface area contributed by atoms with Gasteiger partial charge in [0.05, 0.1) is 13.2 Å². The number of esters is 1. The van der Waals surface area contributed by atoms with Crippen molar-refractivity contribution < 1.29 is 38.0 Å². The minimum absolute atomic E-state index is 0.0814. The van der Waals surface area contributed by atoms with Crippen LogP contribution in [0.3, 0.4) is 0 Å². The average molecular weight is 430 g/mol. The molecule has 9 heteroatoms. The molecule has 172 valence electrons. The van der Waals surface area contributed by atoms with E-state index >= 15 is 0 Å². The van der Waals surface area contributed by atoms with Crippen molar-refractivity contribution >= 4 is 11.9 Å². The van der Waals surface area contributed by atoms with Crippen LogP contribution in [0.15, 0.2) is 0 Å². The molecule has 1 amide bonds. The van der Waals surface area contributed by atoms with E-state index in [9.17, 15) is 9.59 Å². The van der Waals surface area contributed by atoms with Gasteiger partial charge in [-0.05, 0) is 33.6 Å². The van der Waals surface area contributed by atoms with Crippen molar-refractivity contribution in [1.82, 2.24) is 5.32 Å². The Bertz CT molecular complexity index is 619. The van der Waals surface area contributed by atoms with Crippen LogP contribution < -0.4 is 5.32 Å². The lowest BCUT2D eigenvalue weighted by Gasteiger charge is -2.42. The van der Waals surface area contributed by atoms with E-state index in [1.54, 1.807) is 0 Å². The highest BCUT2D eigenvalue weighted by Gasteiger charge is 2.63. The molecule has 5 atom stereocenters. The first-order valence-electron chi connectivity index (χ1n) is 10.7. The van der Waals surface area contributed by atoms with Gasteiger partial charge in [0.2, 0.25) is 5.91 Å². The Balaban J connectivity index is 1.45. The Morgan fingerprint density at radius 3 is 2.63 bits per heavy atom. The molecule has 2 bridgehead atoms. The third-order valence-corrected chi connectivity index (χ3v) is 5.33. The average Bonchev–Trinajstić information content (AvgIpc) is 3.27. The predicted octanol–water partition coefficient (Wildman–Crippen LogP) is 1.52. The molecule has 3 rings (SSSR count). The molecule has 9 nitrogen and oxygen atoms in total. The molecule has 0 aromatic carbocycles. The second kappa shape index (κ2) is 9.48. The number of hydrogen-bond acceptors (Lipinski definition) is 8. The zero-order chi connectivity index (χ0) is 21.9. The minimum atomic E-state index is -0.754. The standard InChI is InChI=1S/C21H35NO8/c1-13(2)18(24)22-15-16-17(28-12-27-16)21(11-26-19(15)30-21)10-25-9-7-6-8-14(23)29-20(3,4)5/h13,15-17,19H,6-12H2,1-5H3,(H,22,24)/t15-,16-,17-,19-,21-/m1/s1. The first-order valence-corrected chi connectivity index (χ1v) is 10.7. The molecule has 3 aliphatic heterocycles. The molecule has 0 aromatic rings. The Morgan fingerprint density at radius 2 is 1.93 bits per heavy atom. The first-order chi connectivity index (χ1) is 14.1. The molecular formula is C21H35NO8. The van der Waals surface area contributed by atoms with Gasteiger partial charge < -0.3 is 33.7 Å². The van der Waals surface area contributed by atoms with Crippen LogP contribution in [-0.4, -0.2) is 74.2 Å². The van der Waals surface area contributed by atoms with Crippen molar-refractivity contribution in [3.63, 3.8) is 0 Å². The molecule has 3 fully saturated rings. The second-order valence-electron chi connectivity index (χ2n) is 9.48. The fourth-order valence-electron chi connectivity index (χ4n) is 3.87. The fourth-order valence-corrected chi connectivity index (χ4v) is 3.87. The van der Waals surface area contributed by atoms with Crippen LogP contribution in [0.2, 0.25) is 0 Å². The number of unbranched alkanes of at least 4 members (excludes halogenated alkanes) is 1. The van der Waals surface area contributed by atoms with Crippen LogP contribution in [0, 0.1) is 5.92 Å². The Kier molecular flexibility index (Phi) is 7.40. The zero-order valence-corrected chi connectivity index (χ0v) is 18.6. The van der Waals surface area contributed by atoms with E-state index in [4.69, 9.17) is 28.4 Å². The van der Waals surface area contributed by atoms with Gasteiger partial charge in [0.1, 0.15) is 36.2 Å². The van der Waals surface area contributed by atoms with Crippen molar-refractivity contribution in [2.24, 2.45) is 5.92 Å². The van der Waals surface area contributed by atoms with Crippen molar-refractivity contribution in [3.05, 3.63) is 0 Å². The first kappa shape index (κ1) is 23.4.